The van der Waals surface area contributed by atoms with Crippen molar-refractivity contribution in [3.8, 4) is 0 Å². The van der Waals surface area contributed by atoms with Crippen LogP contribution < -0.4 is 10.2 Å². The van der Waals surface area contributed by atoms with E-state index >= 15 is 0 Å². The van der Waals surface area contributed by atoms with E-state index in [0.717, 1.165) is 25.5 Å². The summed E-state index contributed by atoms with van der Waals surface area (Å²) in [7, 11) is 3.95. The molecule has 2 rings (SSSR count). The normalized spacial score (nSPS) is 22.4. The average molecular weight is 210 g/mol. The monoisotopic (exact) mass is 210 g/mol. The van der Waals surface area contributed by atoms with Gasteiger partial charge in [0, 0.05) is 20.1 Å². The molecule has 1 aliphatic rings. The van der Waals surface area contributed by atoms with E-state index < -0.39 is 0 Å². The Balaban J connectivity index is 2.06. The summed E-state index contributed by atoms with van der Waals surface area (Å²) in [5.41, 5.74) is 0. The highest BCUT2D eigenvalue weighted by atomic mass is 15.6. The molecule has 0 amide bonds. The van der Waals surface area contributed by atoms with E-state index in [0.29, 0.717) is 6.04 Å². The summed E-state index contributed by atoms with van der Waals surface area (Å²) in [5, 5.41) is 15.0. The van der Waals surface area contributed by atoms with E-state index in [1.807, 2.05) is 7.05 Å². The molecular formula is C9H18N6. The highest BCUT2D eigenvalue weighted by Crippen LogP contribution is 2.16. The number of hydrogen-bond acceptors (Lipinski definition) is 5. The van der Waals surface area contributed by atoms with E-state index in [-0.39, 0.29) is 0 Å². The minimum atomic E-state index is 0.546. The highest BCUT2D eigenvalue weighted by Gasteiger charge is 2.20. The summed E-state index contributed by atoms with van der Waals surface area (Å²) in [6.45, 7) is 2.21. The molecule has 0 aliphatic carbocycles. The van der Waals surface area contributed by atoms with Crippen LogP contribution in [0.2, 0.25) is 0 Å². The first-order chi connectivity index (χ1) is 7.29. The van der Waals surface area contributed by atoms with Gasteiger partial charge in [0.1, 0.15) is 0 Å². The zero-order valence-electron chi connectivity index (χ0n) is 9.35. The molecule has 0 saturated carbocycles. The molecule has 1 unspecified atom stereocenters. The Hall–Kier alpha value is -1.17. The Morgan fingerprint density at radius 1 is 1.40 bits per heavy atom. The quantitative estimate of drug-likeness (QED) is 0.732. The number of nitrogens with zero attached hydrogens (tertiary/aromatic N) is 5. The van der Waals surface area contributed by atoms with E-state index in [9.17, 15) is 0 Å². The van der Waals surface area contributed by atoms with E-state index in [1.165, 1.54) is 12.8 Å². The molecule has 15 heavy (non-hydrogen) atoms. The average Bonchev–Trinajstić information content (AvgIpc) is 2.53. The molecule has 2 heterocycles. The third-order valence-corrected chi connectivity index (χ3v) is 3.01. The largest absolute Gasteiger partial charge is 0.340 e. The molecule has 1 aromatic heterocycles. The van der Waals surface area contributed by atoms with Crippen molar-refractivity contribution < 1.29 is 0 Å². The van der Waals surface area contributed by atoms with Crippen LogP contribution in [0.5, 0.6) is 0 Å². The Labute approximate surface area is 89.6 Å². The van der Waals surface area contributed by atoms with Crippen molar-refractivity contribution in [2.45, 2.75) is 25.3 Å². The lowest BCUT2D eigenvalue weighted by atomic mass is 10.1. The van der Waals surface area contributed by atoms with Crippen molar-refractivity contribution in [1.82, 2.24) is 25.5 Å². The van der Waals surface area contributed by atoms with Gasteiger partial charge < -0.3 is 10.2 Å². The second-order valence-corrected chi connectivity index (χ2v) is 4.05. The molecule has 1 fully saturated rings. The van der Waals surface area contributed by atoms with Gasteiger partial charge in [-0.25, -0.2) is 4.68 Å². The van der Waals surface area contributed by atoms with E-state index in [1.54, 1.807) is 4.68 Å². The molecule has 84 valence electrons. The van der Waals surface area contributed by atoms with Gasteiger partial charge in [-0.15, -0.1) is 0 Å². The van der Waals surface area contributed by atoms with E-state index in [2.05, 4.69) is 32.8 Å². The number of aryl methyl sites for hydroxylation is 1. The van der Waals surface area contributed by atoms with Crippen molar-refractivity contribution in [3.05, 3.63) is 0 Å². The Bertz CT molecular complexity index is 301. The summed E-state index contributed by atoms with van der Waals surface area (Å²) < 4.78 is 1.72. The highest BCUT2D eigenvalue weighted by molar-refractivity contribution is 5.28. The smallest absolute Gasteiger partial charge is 0.245 e. The van der Waals surface area contributed by atoms with Crippen molar-refractivity contribution in [2.24, 2.45) is 7.05 Å². The summed E-state index contributed by atoms with van der Waals surface area (Å²) in [4.78, 5) is 2.19. The Morgan fingerprint density at radius 3 is 3.00 bits per heavy atom. The summed E-state index contributed by atoms with van der Waals surface area (Å²) in [6.07, 6.45) is 3.58. The summed E-state index contributed by atoms with van der Waals surface area (Å²) >= 11 is 0. The predicted octanol–water partition coefficient (Wildman–Crippen LogP) is -0.212. The van der Waals surface area contributed by atoms with Crippen molar-refractivity contribution in [1.29, 1.82) is 0 Å². The third kappa shape index (κ3) is 2.26. The third-order valence-electron chi connectivity index (χ3n) is 3.01. The number of rotatable bonds is 2. The Morgan fingerprint density at radius 2 is 2.27 bits per heavy atom. The lowest BCUT2D eigenvalue weighted by Gasteiger charge is -2.26. The molecule has 0 bridgehead atoms. The summed E-state index contributed by atoms with van der Waals surface area (Å²) in [5.74, 6) is 0.849. The van der Waals surface area contributed by atoms with E-state index in [4.69, 9.17) is 0 Å². The van der Waals surface area contributed by atoms with Crippen LogP contribution in [0.25, 0.3) is 0 Å². The van der Waals surface area contributed by atoms with Crippen LogP contribution in [-0.2, 0) is 7.05 Å². The second-order valence-electron chi connectivity index (χ2n) is 4.05. The maximum atomic E-state index is 4.03. The maximum absolute atomic E-state index is 4.03. The fraction of sp³-hybridized carbons (Fsp3) is 0.889. The molecule has 1 aromatic rings. The topological polar surface area (TPSA) is 58.9 Å². The SMILES string of the molecule is CN(c1nnnn1C)C1CCCNCC1. The molecule has 1 atom stereocenters. The first-order valence-corrected chi connectivity index (χ1v) is 5.45. The van der Waals surface area contributed by atoms with Gasteiger partial charge in [0.2, 0.25) is 5.95 Å². The van der Waals surface area contributed by atoms with Crippen LogP contribution in [0.3, 0.4) is 0 Å². The van der Waals surface area contributed by atoms with Crippen molar-refractivity contribution in [3.63, 3.8) is 0 Å². The zero-order valence-corrected chi connectivity index (χ0v) is 9.35. The molecule has 6 heteroatoms. The lowest BCUT2D eigenvalue weighted by Crippen LogP contribution is -2.34. The maximum Gasteiger partial charge on any atom is 0.245 e. The summed E-state index contributed by atoms with van der Waals surface area (Å²) in [6, 6.07) is 0.546. The molecular weight excluding hydrogens is 192 g/mol. The van der Waals surface area contributed by atoms with Crippen molar-refractivity contribution in [2.75, 3.05) is 25.0 Å². The van der Waals surface area contributed by atoms with Gasteiger partial charge in [-0.2, -0.15) is 0 Å². The van der Waals surface area contributed by atoms with Crippen LogP contribution >= 0.6 is 0 Å². The number of aromatic nitrogens is 4. The number of anilines is 1. The van der Waals surface area contributed by atoms with Crippen LogP contribution in [0.15, 0.2) is 0 Å². The minimum absolute atomic E-state index is 0.546. The van der Waals surface area contributed by atoms with Gasteiger partial charge in [-0.1, -0.05) is 5.10 Å². The minimum Gasteiger partial charge on any atom is -0.340 e. The number of tetrazole rings is 1. The van der Waals surface area contributed by atoms with Gasteiger partial charge in [0.05, 0.1) is 0 Å². The number of nitrogens with one attached hydrogen (secondary N) is 1. The van der Waals surface area contributed by atoms with Crippen LogP contribution in [-0.4, -0.2) is 46.4 Å². The Kier molecular flexibility index (Phi) is 3.15. The molecule has 6 nitrogen and oxygen atoms in total. The molecule has 0 radical (unpaired) electrons. The first-order valence-electron chi connectivity index (χ1n) is 5.45. The van der Waals surface area contributed by atoms with Gasteiger partial charge in [-0.05, 0) is 42.8 Å². The molecule has 0 spiro atoms. The lowest BCUT2D eigenvalue weighted by molar-refractivity contribution is 0.547. The van der Waals surface area contributed by atoms with Crippen LogP contribution in [0, 0.1) is 0 Å². The van der Waals surface area contributed by atoms with Gasteiger partial charge >= 0.3 is 0 Å². The van der Waals surface area contributed by atoms with Crippen LogP contribution in [0.1, 0.15) is 19.3 Å². The van der Waals surface area contributed by atoms with Gasteiger partial charge in [0.25, 0.3) is 0 Å². The molecule has 1 aliphatic heterocycles. The fourth-order valence-electron chi connectivity index (χ4n) is 2.07. The van der Waals surface area contributed by atoms with Gasteiger partial charge in [-0.3, -0.25) is 0 Å². The standard InChI is InChI=1S/C9H18N6/c1-14(9-11-12-13-15(9)2)8-4-3-6-10-7-5-8/h8,10H,3-7H2,1-2H3. The van der Waals surface area contributed by atoms with Crippen molar-refractivity contribution >= 4 is 5.95 Å². The predicted molar refractivity (Wildman–Crippen MR) is 57.7 cm³/mol. The van der Waals surface area contributed by atoms with Gasteiger partial charge in [0.15, 0.2) is 0 Å². The molecule has 0 aromatic carbocycles. The molecule has 1 N–H and O–H groups in total. The zero-order chi connectivity index (χ0) is 10.7. The fourth-order valence-corrected chi connectivity index (χ4v) is 2.07. The molecule has 1 saturated heterocycles. The first kappa shape index (κ1) is 10.4. The second kappa shape index (κ2) is 4.57. The number of hydrogen-bond donors (Lipinski definition) is 1. The van der Waals surface area contributed by atoms with Crippen LogP contribution in [0.4, 0.5) is 5.95 Å².